The second kappa shape index (κ2) is 27.8. The van der Waals surface area contributed by atoms with E-state index in [0.29, 0.717) is 0 Å². The summed E-state index contributed by atoms with van der Waals surface area (Å²) in [5, 5.41) is 96.6. The number of rotatable bonds is 27. The molecule has 0 amide bonds. The van der Waals surface area contributed by atoms with Crippen LogP contribution in [0.25, 0.3) is 0 Å². The van der Waals surface area contributed by atoms with Crippen molar-refractivity contribution in [3.63, 3.8) is 0 Å². The predicted octanol–water partition coefficient (Wildman–Crippen LogP) is -12.7. The van der Waals surface area contributed by atoms with Crippen LogP contribution in [0.15, 0.2) is 0 Å². The van der Waals surface area contributed by atoms with E-state index in [0.717, 1.165) is 0 Å². The first-order valence-electron chi connectivity index (χ1n) is 22.3. The molecule has 0 bridgehead atoms. The molecular formula is C30H48N2O47S7. The minimum absolute atomic E-state index is 1.07. The van der Waals surface area contributed by atoms with Gasteiger partial charge in [0.2, 0.25) is 0 Å². The van der Waals surface area contributed by atoms with Crippen LogP contribution in [0, 0.1) is 0 Å². The molecule has 56 heteroatoms. The van der Waals surface area contributed by atoms with Crippen molar-refractivity contribution in [2.75, 3.05) is 13.2 Å². The number of hydrogen-bond donors (Lipinski definition) is 18. The normalized spacial score (nSPS) is 39.1. The molecule has 5 fully saturated rings. The number of aliphatic hydroxyl groups is 6. The minimum Gasteiger partial charge on any atom is -0.479 e. The van der Waals surface area contributed by atoms with Gasteiger partial charge in [0.25, 0.3) is 0 Å². The topological polar surface area (TPSA) is 767 Å². The molecule has 0 radical (unpaired) electrons. The monoisotopic (exact) mass is 1410 g/mol. The van der Waals surface area contributed by atoms with Crippen molar-refractivity contribution in [2.45, 2.75) is 154 Å². The van der Waals surface area contributed by atoms with Gasteiger partial charge in [-0.15, -0.1) is 0 Å². The van der Waals surface area contributed by atoms with E-state index < -0.39 is 257 Å². The number of carboxylic acids is 3. The summed E-state index contributed by atoms with van der Waals surface area (Å²) in [5.41, 5.74) is 0. The molecule has 5 aliphatic heterocycles. The number of aliphatic carboxylic acids is 3. The lowest BCUT2D eigenvalue weighted by atomic mass is 9.94. The van der Waals surface area contributed by atoms with Crippen molar-refractivity contribution in [3.05, 3.63) is 0 Å². The predicted molar refractivity (Wildman–Crippen MR) is 244 cm³/mol. The van der Waals surface area contributed by atoms with Crippen molar-refractivity contribution in [1.82, 2.24) is 9.44 Å². The summed E-state index contributed by atoms with van der Waals surface area (Å²) in [5.74, 6) is -6.72. The molecule has 24 atom stereocenters. The van der Waals surface area contributed by atoms with Crippen molar-refractivity contribution in [1.29, 1.82) is 0 Å². The fourth-order valence-electron chi connectivity index (χ4n) is 8.51. The molecule has 0 aliphatic carbocycles. The molecular weight excluding hydrogens is 1360 g/mol. The number of nitrogens with one attached hydrogen (secondary N) is 2. The van der Waals surface area contributed by atoms with E-state index in [4.69, 9.17) is 37.9 Å². The Labute approximate surface area is 479 Å². The third-order valence-corrected chi connectivity index (χ3v) is 15.2. The molecule has 0 aromatic rings. The average molecular weight is 1410 g/mol. The molecule has 0 saturated carbocycles. The fourth-order valence-corrected chi connectivity index (χ4v) is 11.8. The van der Waals surface area contributed by atoms with Crippen molar-refractivity contribution >= 4 is 90.5 Å². The number of carboxylic acid groups (broad SMARTS) is 3. The molecule has 0 aromatic carbocycles. The van der Waals surface area contributed by atoms with Gasteiger partial charge < -0.3 is 88.6 Å². The van der Waals surface area contributed by atoms with Crippen LogP contribution in [-0.4, -0.2) is 315 Å². The van der Waals surface area contributed by atoms with Gasteiger partial charge in [-0.25, -0.2) is 35.3 Å². The zero-order chi connectivity index (χ0) is 65.5. The van der Waals surface area contributed by atoms with Crippen molar-refractivity contribution < 1.29 is 215 Å². The molecule has 0 aromatic heterocycles. The zero-order valence-corrected chi connectivity index (χ0v) is 46.9. The molecule has 5 heterocycles. The summed E-state index contributed by atoms with van der Waals surface area (Å²) in [6, 6.07) is -5.84. The highest BCUT2D eigenvalue weighted by Gasteiger charge is 2.61. The Kier molecular flexibility index (Phi) is 23.8. The number of aliphatic hydroxyl groups excluding tert-OH is 6. The van der Waals surface area contributed by atoms with Gasteiger partial charge in [-0.2, -0.15) is 68.4 Å². The first-order chi connectivity index (χ1) is 38.9. The Bertz CT molecular complexity index is 3240. The first-order valence-corrected chi connectivity index (χ1v) is 32.0. The van der Waals surface area contributed by atoms with E-state index in [2.05, 4.69) is 25.7 Å². The minimum atomic E-state index is -6.21. The summed E-state index contributed by atoms with van der Waals surface area (Å²) in [6.45, 7) is -3.64. The highest BCUT2D eigenvalue weighted by Crippen LogP contribution is 2.38. The van der Waals surface area contributed by atoms with Crippen molar-refractivity contribution in [3.8, 4) is 0 Å². The molecule has 5 rings (SSSR count). The molecule has 5 saturated heterocycles. The molecule has 86 heavy (non-hydrogen) atoms. The van der Waals surface area contributed by atoms with Crippen molar-refractivity contribution in [2.24, 2.45) is 0 Å². The maximum atomic E-state index is 13.0. The van der Waals surface area contributed by atoms with Crippen LogP contribution in [0.1, 0.15) is 6.42 Å². The van der Waals surface area contributed by atoms with Crippen LogP contribution in [0.4, 0.5) is 0 Å². The first kappa shape index (κ1) is 73.6. The third-order valence-electron chi connectivity index (χ3n) is 11.8. The van der Waals surface area contributed by atoms with Gasteiger partial charge in [0.1, 0.15) is 73.1 Å². The van der Waals surface area contributed by atoms with Gasteiger partial charge in [0, 0.05) is 6.42 Å². The van der Waals surface area contributed by atoms with Gasteiger partial charge in [0.15, 0.2) is 68.1 Å². The molecule has 0 spiro atoms. The van der Waals surface area contributed by atoms with E-state index in [1.807, 2.05) is 0 Å². The Morgan fingerprint density at radius 3 is 1.10 bits per heavy atom. The molecule has 18 N–H and O–H groups in total. The van der Waals surface area contributed by atoms with Crippen LogP contribution < -0.4 is 9.44 Å². The third kappa shape index (κ3) is 20.7. The average Bonchev–Trinajstić information content (AvgIpc) is 0.866. The van der Waals surface area contributed by atoms with E-state index in [1.165, 1.54) is 9.44 Å². The lowest BCUT2D eigenvalue weighted by Gasteiger charge is -2.50. The SMILES string of the molecule is O=C(O)[C@H]1C[C@H](O)[C@H](OS(=O)(=O)O)[C@H](O[C@H]2[C@H](O)[C@@H](NS(=O)(=O)O)[C@@H](O[C@H]3[C@H](O)[C@@H](OS(=O)(=O)O)[C@H](O[C@H]4[C@H](O)[C@@H](NS(=O)(=O)O)[C@@H](O[C@H]5[C@H](O)[C@@H](OS(=O)(=O)O)[C@H](O)O[C@H]5C(=O)O)O[C@@H]4COS(=O)(=O)O)O[C@H]3C(=O)O)O[C@@H]2COS(=O)(=O)O)O1. The van der Waals surface area contributed by atoms with Gasteiger partial charge >= 0.3 is 90.5 Å². The second-order valence-corrected chi connectivity index (χ2v) is 25.5. The van der Waals surface area contributed by atoms with E-state index in [-0.39, 0.29) is 0 Å². The van der Waals surface area contributed by atoms with Crippen LogP contribution >= 0.6 is 0 Å². The Hall–Kier alpha value is -3.10. The van der Waals surface area contributed by atoms with Crippen LogP contribution in [0.3, 0.4) is 0 Å². The molecule has 49 nitrogen and oxygen atoms in total. The van der Waals surface area contributed by atoms with Gasteiger partial charge in [-0.3, -0.25) is 31.9 Å². The van der Waals surface area contributed by atoms with Crippen LogP contribution in [-0.2, 0) is 151 Å². The number of ether oxygens (including phenoxy) is 9. The zero-order valence-electron chi connectivity index (χ0n) is 41.1. The van der Waals surface area contributed by atoms with Crippen LogP contribution in [0.2, 0.25) is 0 Å². The summed E-state index contributed by atoms with van der Waals surface area (Å²) >= 11 is 0. The summed E-state index contributed by atoms with van der Waals surface area (Å²) < 4.78 is 305. The maximum Gasteiger partial charge on any atom is 0.397 e. The highest BCUT2D eigenvalue weighted by atomic mass is 32.3. The van der Waals surface area contributed by atoms with E-state index in [1.54, 1.807) is 0 Å². The van der Waals surface area contributed by atoms with E-state index >= 15 is 0 Å². The Balaban J connectivity index is 1.59. The Morgan fingerprint density at radius 1 is 0.395 bits per heavy atom. The highest BCUT2D eigenvalue weighted by molar-refractivity contribution is 7.84. The maximum absolute atomic E-state index is 13.0. The van der Waals surface area contributed by atoms with Gasteiger partial charge in [-0.1, -0.05) is 0 Å². The summed E-state index contributed by atoms with van der Waals surface area (Å²) in [4.78, 5) is 37.0. The van der Waals surface area contributed by atoms with E-state index in [9.17, 15) is 151 Å². The summed E-state index contributed by atoms with van der Waals surface area (Å²) in [7, 11) is -40.9. The number of hydrogen-bond acceptors (Lipinski definition) is 37. The summed E-state index contributed by atoms with van der Waals surface area (Å²) in [6.07, 6.45) is -64.4. The smallest absolute Gasteiger partial charge is 0.397 e. The second-order valence-electron chi connectivity index (χ2n) is 17.8. The quantitative estimate of drug-likeness (QED) is 0.0340. The molecule has 502 valence electrons. The lowest BCUT2D eigenvalue weighted by molar-refractivity contribution is -0.371. The van der Waals surface area contributed by atoms with Gasteiger partial charge in [0.05, 0.1) is 19.3 Å². The van der Waals surface area contributed by atoms with Gasteiger partial charge in [-0.05, 0) is 0 Å². The standard InChI is InChI=1S/C30H48N2O47S7/c33-4-1-5(23(38)39)68-29(14(4)77-84(57,58)59)72-15-6(2-66-82(51,52)53)69-28(8(10(15)34)31-80(45,46)47)75-18-13(37)20(79-86(63,64)65)30(76-22(18)25(42)43)73-16-7(3-67-83(54,55)56)70-27(9(11(16)35)32-81(48,49)50)74-17-12(36)19(78-85(60,61)62)26(44)71-21(17)24(40)41/h4-22,26-37,44H,1-3H2,(H,38,39)(H,40,41)(H,42,43)(H,45,46,47)(H,48,49,50)(H,51,52,53)(H,54,55,56)(H,57,58,59)(H,60,61,62)(H,63,64,65)/t4-,5+,6+,7+,8+,9+,10+,11+,12-,13-,14-,15+,16+,17-,18-,19+,20+,21+,22+,26+,27+,28+,29-,30+/m0/s1. The fraction of sp³-hybridized carbons (Fsp3) is 0.900. The molecule has 0 unspecified atom stereocenters. The molecule has 5 aliphatic rings. The lowest BCUT2D eigenvalue weighted by Crippen LogP contribution is -2.71. The largest absolute Gasteiger partial charge is 0.479 e. The van der Waals surface area contributed by atoms with Crippen LogP contribution in [0.5, 0.6) is 0 Å². The Morgan fingerprint density at radius 2 is 0.744 bits per heavy atom. The number of carbonyl (C=O) groups is 3.